The molecular weight excluding hydrogens is 491 g/mol. The Kier molecular flexibility index (Phi) is 7.96. The maximum Gasteiger partial charge on any atom is 0.194 e. The molecule has 0 atom stereocenters. The SMILES string of the molecule is CCOc1ccc2c(c1)CCN(C(=NCc1nnc(C)n1C)NC1CCCC1)C2.I. The molecule has 1 aromatic carbocycles. The Balaban J connectivity index is 0.00000256. The van der Waals surface area contributed by atoms with E-state index in [0.717, 1.165) is 42.9 Å². The number of fused-ring (bicyclic) bond motifs is 1. The molecule has 1 aromatic heterocycles. The Bertz CT molecular complexity index is 875. The van der Waals surface area contributed by atoms with Crippen molar-refractivity contribution in [2.45, 2.75) is 65.1 Å². The third-order valence-corrected chi connectivity index (χ3v) is 6.04. The molecule has 1 saturated carbocycles. The van der Waals surface area contributed by atoms with Crippen LogP contribution in [0.1, 0.15) is 55.4 Å². The smallest absolute Gasteiger partial charge is 0.194 e. The molecule has 0 saturated heterocycles. The summed E-state index contributed by atoms with van der Waals surface area (Å²) in [5.74, 6) is 3.77. The Morgan fingerprint density at radius 2 is 2.03 bits per heavy atom. The molecule has 0 amide bonds. The number of aromatic nitrogens is 3. The number of rotatable bonds is 5. The molecule has 2 heterocycles. The van der Waals surface area contributed by atoms with Gasteiger partial charge in [-0.3, -0.25) is 0 Å². The lowest BCUT2D eigenvalue weighted by atomic mass is 9.99. The van der Waals surface area contributed by atoms with E-state index in [4.69, 9.17) is 9.73 Å². The van der Waals surface area contributed by atoms with Gasteiger partial charge in [0.2, 0.25) is 0 Å². The molecule has 4 rings (SSSR count). The zero-order valence-corrected chi connectivity index (χ0v) is 20.6. The summed E-state index contributed by atoms with van der Waals surface area (Å²) in [6, 6.07) is 7.00. The number of ether oxygens (including phenoxy) is 1. The molecule has 0 bridgehead atoms. The average molecular weight is 524 g/mol. The Labute approximate surface area is 196 Å². The van der Waals surface area contributed by atoms with Gasteiger partial charge in [0.15, 0.2) is 11.8 Å². The molecule has 0 unspecified atom stereocenters. The minimum atomic E-state index is 0. The number of hydrogen-bond acceptors (Lipinski definition) is 4. The second kappa shape index (κ2) is 10.5. The molecule has 164 valence electrons. The standard InChI is InChI=1S/C22H32N6O.HI/c1-4-29-20-10-9-18-15-28(12-11-17(18)13-20)22(24-19-7-5-6-8-19)23-14-21-26-25-16(2)27(21)3;/h9-10,13,19H,4-8,11-12,14-15H2,1-3H3,(H,23,24);1H. The largest absolute Gasteiger partial charge is 0.494 e. The summed E-state index contributed by atoms with van der Waals surface area (Å²) >= 11 is 0. The van der Waals surface area contributed by atoms with Crippen LogP contribution in [-0.4, -0.2) is 44.8 Å². The Morgan fingerprint density at radius 1 is 1.23 bits per heavy atom. The predicted octanol–water partition coefficient (Wildman–Crippen LogP) is 3.59. The normalized spacial score (nSPS) is 16.9. The van der Waals surface area contributed by atoms with Crippen molar-refractivity contribution in [1.29, 1.82) is 0 Å². The van der Waals surface area contributed by atoms with Crippen molar-refractivity contribution in [3.05, 3.63) is 41.0 Å². The topological polar surface area (TPSA) is 67.6 Å². The molecule has 0 radical (unpaired) electrons. The summed E-state index contributed by atoms with van der Waals surface area (Å²) in [5.41, 5.74) is 2.74. The van der Waals surface area contributed by atoms with E-state index in [1.54, 1.807) is 0 Å². The lowest BCUT2D eigenvalue weighted by molar-refractivity contribution is 0.336. The highest BCUT2D eigenvalue weighted by Crippen LogP contribution is 2.25. The third kappa shape index (κ3) is 5.25. The number of nitrogens with one attached hydrogen (secondary N) is 1. The molecular formula is C22H33IN6O. The minimum Gasteiger partial charge on any atom is -0.494 e. The minimum absolute atomic E-state index is 0. The van der Waals surface area contributed by atoms with Gasteiger partial charge in [-0.25, -0.2) is 4.99 Å². The summed E-state index contributed by atoms with van der Waals surface area (Å²) < 4.78 is 7.68. The number of hydrogen-bond donors (Lipinski definition) is 1. The molecule has 30 heavy (non-hydrogen) atoms. The van der Waals surface area contributed by atoms with Gasteiger partial charge in [0, 0.05) is 26.2 Å². The fraction of sp³-hybridized carbons (Fsp3) is 0.591. The quantitative estimate of drug-likeness (QED) is 0.368. The molecule has 8 heteroatoms. The lowest BCUT2D eigenvalue weighted by Crippen LogP contribution is -2.47. The van der Waals surface area contributed by atoms with Crippen LogP contribution in [0.3, 0.4) is 0 Å². The number of nitrogens with zero attached hydrogens (tertiary/aromatic N) is 5. The van der Waals surface area contributed by atoms with Crippen LogP contribution in [0.5, 0.6) is 5.75 Å². The van der Waals surface area contributed by atoms with Gasteiger partial charge in [-0.2, -0.15) is 0 Å². The number of aliphatic imine (C=N–C) groups is 1. The summed E-state index contributed by atoms with van der Waals surface area (Å²) in [7, 11) is 2.00. The number of benzene rings is 1. The summed E-state index contributed by atoms with van der Waals surface area (Å²) in [6.07, 6.45) is 6.06. The van der Waals surface area contributed by atoms with Crippen LogP contribution in [0.25, 0.3) is 0 Å². The van der Waals surface area contributed by atoms with Crippen molar-refractivity contribution in [3.8, 4) is 5.75 Å². The maximum absolute atomic E-state index is 5.67. The van der Waals surface area contributed by atoms with Gasteiger partial charge in [0.25, 0.3) is 0 Å². The van der Waals surface area contributed by atoms with Gasteiger partial charge in [0.1, 0.15) is 18.1 Å². The number of aryl methyl sites for hydroxylation is 1. The first kappa shape index (κ1) is 22.8. The van der Waals surface area contributed by atoms with E-state index in [0.29, 0.717) is 19.2 Å². The van der Waals surface area contributed by atoms with E-state index in [1.807, 2.05) is 25.5 Å². The van der Waals surface area contributed by atoms with Gasteiger partial charge in [-0.15, -0.1) is 34.2 Å². The second-order valence-electron chi connectivity index (χ2n) is 8.02. The Hall–Kier alpha value is -1.84. The maximum atomic E-state index is 5.67. The van der Waals surface area contributed by atoms with Crippen molar-refractivity contribution in [1.82, 2.24) is 25.0 Å². The molecule has 0 spiro atoms. The fourth-order valence-corrected chi connectivity index (χ4v) is 4.19. The van der Waals surface area contributed by atoms with Gasteiger partial charge < -0.3 is 19.5 Å². The molecule has 1 fully saturated rings. The third-order valence-electron chi connectivity index (χ3n) is 6.04. The van der Waals surface area contributed by atoms with Crippen LogP contribution in [0.2, 0.25) is 0 Å². The van der Waals surface area contributed by atoms with E-state index >= 15 is 0 Å². The van der Waals surface area contributed by atoms with Gasteiger partial charge in [-0.05, 0) is 56.4 Å². The second-order valence-corrected chi connectivity index (χ2v) is 8.02. The summed E-state index contributed by atoms with van der Waals surface area (Å²) in [4.78, 5) is 7.34. The first-order valence-corrected chi connectivity index (χ1v) is 10.8. The van der Waals surface area contributed by atoms with Crippen LogP contribution < -0.4 is 10.1 Å². The van der Waals surface area contributed by atoms with Crippen LogP contribution in [0, 0.1) is 6.92 Å². The average Bonchev–Trinajstić information content (AvgIpc) is 3.36. The van der Waals surface area contributed by atoms with E-state index in [9.17, 15) is 0 Å². The van der Waals surface area contributed by atoms with Gasteiger partial charge in [0.05, 0.1) is 6.61 Å². The molecule has 7 nitrogen and oxygen atoms in total. The molecule has 1 aliphatic carbocycles. The predicted molar refractivity (Wildman–Crippen MR) is 129 cm³/mol. The first-order chi connectivity index (χ1) is 14.1. The highest BCUT2D eigenvalue weighted by Gasteiger charge is 2.23. The molecule has 2 aliphatic rings. The van der Waals surface area contributed by atoms with Crippen molar-refractivity contribution >= 4 is 29.9 Å². The lowest BCUT2D eigenvalue weighted by Gasteiger charge is -2.33. The van der Waals surface area contributed by atoms with Crippen molar-refractivity contribution < 1.29 is 4.74 Å². The van der Waals surface area contributed by atoms with Crippen molar-refractivity contribution in [2.75, 3.05) is 13.2 Å². The van der Waals surface area contributed by atoms with Crippen LogP contribution in [-0.2, 0) is 26.6 Å². The van der Waals surface area contributed by atoms with E-state index < -0.39 is 0 Å². The van der Waals surface area contributed by atoms with Crippen LogP contribution in [0.4, 0.5) is 0 Å². The van der Waals surface area contributed by atoms with Crippen molar-refractivity contribution in [2.24, 2.45) is 12.0 Å². The van der Waals surface area contributed by atoms with Crippen LogP contribution >= 0.6 is 24.0 Å². The molecule has 2 aromatic rings. The monoisotopic (exact) mass is 524 g/mol. The zero-order chi connectivity index (χ0) is 20.2. The highest BCUT2D eigenvalue weighted by atomic mass is 127. The van der Waals surface area contributed by atoms with Gasteiger partial charge in [-0.1, -0.05) is 18.9 Å². The first-order valence-electron chi connectivity index (χ1n) is 10.8. The molecule has 1 aliphatic heterocycles. The van der Waals surface area contributed by atoms with E-state index in [1.165, 1.54) is 36.8 Å². The molecule has 1 N–H and O–H groups in total. The van der Waals surface area contributed by atoms with E-state index in [-0.39, 0.29) is 24.0 Å². The summed E-state index contributed by atoms with van der Waals surface area (Å²) in [5, 5.41) is 12.2. The Morgan fingerprint density at radius 3 is 2.73 bits per heavy atom. The highest BCUT2D eigenvalue weighted by molar-refractivity contribution is 14.0. The van der Waals surface area contributed by atoms with Gasteiger partial charge >= 0.3 is 0 Å². The zero-order valence-electron chi connectivity index (χ0n) is 18.2. The van der Waals surface area contributed by atoms with Crippen LogP contribution in [0.15, 0.2) is 23.2 Å². The van der Waals surface area contributed by atoms with E-state index in [2.05, 4.69) is 38.6 Å². The number of halogens is 1. The van der Waals surface area contributed by atoms with Crippen molar-refractivity contribution in [3.63, 3.8) is 0 Å². The summed E-state index contributed by atoms with van der Waals surface area (Å²) in [6.45, 7) is 7.07. The number of guanidine groups is 1. The fourth-order valence-electron chi connectivity index (χ4n) is 4.19.